The van der Waals surface area contributed by atoms with Gasteiger partial charge in [-0.15, -0.1) is 0 Å². The van der Waals surface area contributed by atoms with Gasteiger partial charge in [-0.1, -0.05) is 45.4 Å². The molecule has 3 rings (SSSR count). The summed E-state index contributed by atoms with van der Waals surface area (Å²) in [4.78, 5) is 31.1. The Balaban J connectivity index is 2.13. The number of unbranched alkanes of at least 4 members (excludes halogenated alkanes) is 1. The minimum absolute atomic E-state index is 0.129. The highest BCUT2D eigenvalue weighted by Crippen LogP contribution is 2.48. The van der Waals surface area contributed by atoms with E-state index < -0.39 is 17.8 Å². The van der Waals surface area contributed by atoms with Gasteiger partial charge < -0.3 is 9.47 Å². The predicted molar refractivity (Wildman–Crippen MR) is 118 cm³/mol. The average Bonchev–Trinajstić information content (AvgIpc) is 2.66. The number of para-hydroxylation sites is 1. The van der Waals surface area contributed by atoms with Crippen molar-refractivity contribution in [2.45, 2.75) is 66.2 Å². The van der Waals surface area contributed by atoms with Crippen molar-refractivity contribution in [1.29, 1.82) is 0 Å². The zero-order valence-electron chi connectivity index (χ0n) is 18.8. The van der Waals surface area contributed by atoms with Gasteiger partial charge in [0.05, 0.1) is 24.7 Å². The zero-order valence-corrected chi connectivity index (χ0v) is 18.8. The third kappa shape index (κ3) is 4.50. The van der Waals surface area contributed by atoms with Crippen LogP contribution in [-0.4, -0.2) is 30.7 Å². The Bertz CT molecular complexity index is 881. The Morgan fingerprint density at radius 1 is 1.17 bits per heavy atom. The molecule has 0 N–H and O–H groups in total. The van der Waals surface area contributed by atoms with Crippen LogP contribution in [0.2, 0.25) is 0 Å². The number of allylic oxidation sites excluding steroid dienone is 1. The Morgan fingerprint density at radius 2 is 1.90 bits per heavy atom. The monoisotopic (exact) mass is 411 g/mol. The molecule has 5 nitrogen and oxygen atoms in total. The van der Waals surface area contributed by atoms with Crippen LogP contribution in [0.3, 0.4) is 0 Å². The lowest BCUT2D eigenvalue weighted by atomic mass is 9.63. The van der Waals surface area contributed by atoms with E-state index in [2.05, 4.69) is 20.8 Å². The van der Waals surface area contributed by atoms with E-state index >= 15 is 0 Å². The van der Waals surface area contributed by atoms with Crippen LogP contribution < -0.4 is 4.74 Å². The molecule has 0 aromatic heterocycles. The number of nitrogens with zero attached hydrogens (tertiary/aromatic N) is 1. The summed E-state index contributed by atoms with van der Waals surface area (Å²) in [6.45, 7) is 10.8. The Labute approximate surface area is 179 Å². The van der Waals surface area contributed by atoms with Gasteiger partial charge >= 0.3 is 5.97 Å². The van der Waals surface area contributed by atoms with Gasteiger partial charge in [0.1, 0.15) is 11.5 Å². The number of hydrogen-bond donors (Lipinski definition) is 0. The number of ketones is 1. The summed E-state index contributed by atoms with van der Waals surface area (Å²) in [7, 11) is 0. The van der Waals surface area contributed by atoms with Gasteiger partial charge in [0.25, 0.3) is 0 Å². The molecule has 0 radical (unpaired) electrons. The first-order valence-corrected chi connectivity index (χ1v) is 11.0. The van der Waals surface area contributed by atoms with Crippen LogP contribution in [0.4, 0.5) is 0 Å². The summed E-state index contributed by atoms with van der Waals surface area (Å²) < 4.78 is 11.5. The molecule has 5 heteroatoms. The van der Waals surface area contributed by atoms with Crippen LogP contribution in [0.1, 0.15) is 71.8 Å². The van der Waals surface area contributed by atoms with Crippen molar-refractivity contribution < 1.29 is 19.1 Å². The van der Waals surface area contributed by atoms with E-state index in [0.29, 0.717) is 24.3 Å². The van der Waals surface area contributed by atoms with Crippen molar-refractivity contribution in [2.24, 2.45) is 16.3 Å². The molecule has 1 aromatic carbocycles. The summed E-state index contributed by atoms with van der Waals surface area (Å²) in [5, 5.41) is 0. The van der Waals surface area contributed by atoms with Crippen LogP contribution in [0.15, 0.2) is 40.5 Å². The number of Topliss-reactive ketones (excluding diaryl/α,β-unsaturated/α-hetero) is 1. The van der Waals surface area contributed by atoms with E-state index in [-0.39, 0.29) is 17.8 Å². The molecule has 1 aliphatic heterocycles. The Morgan fingerprint density at radius 3 is 2.60 bits per heavy atom. The Kier molecular flexibility index (Phi) is 6.79. The summed E-state index contributed by atoms with van der Waals surface area (Å²) in [5.41, 5.74) is 2.72. The summed E-state index contributed by atoms with van der Waals surface area (Å²) in [6, 6.07) is 7.75. The standard InChI is InChI=1S/C25H33NO4/c1-6-8-13-30-20-12-10-9-11-17(20)22-21(24(28)29-7-2)16(3)26-18-14-25(4,5)15-19(27)23(18)22/h9-12,22-23H,6-8,13-15H2,1-5H3/t22-,23?/m1/s1. The molecule has 1 unspecified atom stereocenters. The number of carbonyl (C=O) groups excluding carboxylic acids is 2. The van der Waals surface area contributed by atoms with Crippen molar-refractivity contribution in [2.75, 3.05) is 13.2 Å². The highest BCUT2D eigenvalue weighted by atomic mass is 16.5. The lowest BCUT2D eigenvalue weighted by molar-refractivity contribution is -0.139. The third-order valence-electron chi connectivity index (χ3n) is 5.87. The van der Waals surface area contributed by atoms with E-state index in [4.69, 9.17) is 14.5 Å². The molecular formula is C25H33NO4. The highest BCUT2D eigenvalue weighted by molar-refractivity contribution is 6.12. The predicted octanol–water partition coefficient (Wildman–Crippen LogP) is 5.25. The molecule has 1 fully saturated rings. The lowest BCUT2D eigenvalue weighted by Gasteiger charge is -2.41. The second-order valence-electron chi connectivity index (χ2n) is 9.00. The molecule has 0 bridgehead atoms. The third-order valence-corrected chi connectivity index (χ3v) is 5.87. The topological polar surface area (TPSA) is 65.0 Å². The lowest BCUT2D eigenvalue weighted by Crippen LogP contribution is -2.44. The van der Waals surface area contributed by atoms with Gasteiger partial charge in [-0.2, -0.15) is 0 Å². The number of aliphatic imine (C=N–C) groups is 1. The molecule has 0 spiro atoms. The van der Waals surface area contributed by atoms with E-state index in [1.165, 1.54) is 0 Å². The van der Waals surface area contributed by atoms with Crippen LogP contribution in [-0.2, 0) is 14.3 Å². The SMILES string of the molecule is CCCCOc1ccccc1[C@@H]1C(C(=O)OCC)=C(C)N=C2CC(C)(C)CC(=O)C21. The molecule has 1 heterocycles. The normalized spacial score (nSPS) is 23.0. The molecule has 1 aliphatic carbocycles. The van der Waals surface area contributed by atoms with Crippen molar-refractivity contribution >= 4 is 17.5 Å². The second kappa shape index (κ2) is 9.15. The number of ether oxygens (including phenoxy) is 2. The van der Waals surface area contributed by atoms with Crippen LogP contribution in [0.25, 0.3) is 0 Å². The highest BCUT2D eigenvalue weighted by Gasteiger charge is 2.48. The first kappa shape index (κ1) is 22.3. The van der Waals surface area contributed by atoms with Gasteiger partial charge in [0.2, 0.25) is 0 Å². The summed E-state index contributed by atoms with van der Waals surface area (Å²) in [5.74, 6) is -0.420. The van der Waals surface area contributed by atoms with E-state index in [1.54, 1.807) is 6.92 Å². The maximum Gasteiger partial charge on any atom is 0.336 e. The quantitative estimate of drug-likeness (QED) is 0.454. The molecule has 162 valence electrons. The van der Waals surface area contributed by atoms with E-state index in [9.17, 15) is 9.59 Å². The number of hydrogen-bond acceptors (Lipinski definition) is 5. The molecule has 2 aliphatic rings. The van der Waals surface area contributed by atoms with Crippen LogP contribution >= 0.6 is 0 Å². The fraction of sp³-hybridized carbons (Fsp3) is 0.560. The van der Waals surface area contributed by atoms with Crippen molar-refractivity contribution in [3.8, 4) is 5.75 Å². The van der Waals surface area contributed by atoms with Crippen molar-refractivity contribution in [3.63, 3.8) is 0 Å². The minimum atomic E-state index is -0.447. The van der Waals surface area contributed by atoms with Gasteiger partial charge in [-0.3, -0.25) is 9.79 Å². The molecule has 30 heavy (non-hydrogen) atoms. The fourth-order valence-electron chi connectivity index (χ4n) is 4.60. The zero-order chi connectivity index (χ0) is 21.9. The molecule has 0 saturated heterocycles. The Hall–Kier alpha value is -2.43. The smallest absolute Gasteiger partial charge is 0.336 e. The van der Waals surface area contributed by atoms with Crippen LogP contribution in [0, 0.1) is 11.3 Å². The number of rotatable bonds is 7. The number of benzene rings is 1. The molecule has 0 amide bonds. The largest absolute Gasteiger partial charge is 0.493 e. The first-order chi connectivity index (χ1) is 14.3. The van der Waals surface area contributed by atoms with Gasteiger partial charge in [-0.25, -0.2) is 4.79 Å². The van der Waals surface area contributed by atoms with Gasteiger partial charge in [0, 0.05) is 29.3 Å². The second-order valence-corrected chi connectivity index (χ2v) is 9.00. The maximum atomic E-state index is 13.3. The molecule has 1 saturated carbocycles. The first-order valence-electron chi connectivity index (χ1n) is 11.0. The maximum absolute atomic E-state index is 13.3. The summed E-state index contributed by atoms with van der Waals surface area (Å²) in [6.07, 6.45) is 3.20. The molecule has 1 aromatic rings. The van der Waals surface area contributed by atoms with Crippen molar-refractivity contribution in [1.82, 2.24) is 0 Å². The van der Waals surface area contributed by atoms with Gasteiger partial charge in [-0.05, 0) is 38.2 Å². The van der Waals surface area contributed by atoms with E-state index in [1.807, 2.05) is 31.2 Å². The molecular weight excluding hydrogens is 378 g/mol. The fourth-order valence-corrected chi connectivity index (χ4v) is 4.60. The average molecular weight is 412 g/mol. The minimum Gasteiger partial charge on any atom is -0.493 e. The van der Waals surface area contributed by atoms with Crippen LogP contribution in [0.5, 0.6) is 5.75 Å². The van der Waals surface area contributed by atoms with Gasteiger partial charge in [0.15, 0.2) is 0 Å². The van der Waals surface area contributed by atoms with E-state index in [0.717, 1.165) is 36.3 Å². The summed E-state index contributed by atoms with van der Waals surface area (Å²) >= 11 is 0. The molecule has 2 atom stereocenters. The van der Waals surface area contributed by atoms with Crippen molar-refractivity contribution in [3.05, 3.63) is 41.1 Å². The number of carbonyl (C=O) groups is 2. The number of esters is 1. The number of fused-ring (bicyclic) bond motifs is 1.